The number of ether oxygens (including phenoxy) is 1. The summed E-state index contributed by atoms with van der Waals surface area (Å²) >= 11 is 0. The molecule has 10 heteroatoms. The predicted molar refractivity (Wildman–Crippen MR) is 175 cm³/mol. The van der Waals surface area contributed by atoms with Crippen LogP contribution < -0.4 is 0 Å². The van der Waals surface area contributed by atoms with Gasteiger partial charge in [-0.15, -0.1) is 0 Å². The molecule has 46 heavy (non-hydrogen) atoms. The number of hydrogen-bond donors (Lipinski definition) is 2. The second kappa shape index (κ2) is 13.8. The van der Waals surface area contributed by atoms with Crippen molar-refractivity contribution in [3.8, 4) is 33.6 Å². The largest absolute Gasteiger partial charge is 0.381 e. The molecule has 0 bridgehead atoms. The van der Waals surface area contributed by atoms with Crippen molar-refractivity contribution in [2.45, 2.75) is 84.0 Å². The summed E-state index contributed by atoms with van der Waals surface area (Å²) < 4.78 is 35.5. The van der Waals surface area contributed by atoms with Crippen molar-refractivity contribution in [3.63, 3.8) is 0 Å². The number of halogens is 2. The zero-order chi connectivity index (χ0) is 32.4. The number of carbonyl (C=O) groups is 1. The molecule has 2 aromatic carbocycles. The Morgan fingerprint density at radius 3 is 2.04 bits per heavy atom. The molecule has 0 saturated carbocycles. The summed E-state index contributed by atoms with van der Waals surface area (Å²) in [5.74, 6) is 0.542. The second-order valence-electron chi connectivity index (χ2n) is 12.9. The summed E-state index contributed by atoms with van der Waals surface area (Å²) in [5.41, 5.74) is 3.79. The summed E-state index contributed by atoms with van der Waals surface area (Å²) in [5, 5.41) is 0. The van der Waals surface area contributed by atoms with E-state index in [1.165, 1.54) is 0 Å². The van der Waals surface area contributed by atoms with Crippen molar-refractivity contribution >= 4 is 5.91 Å². The number of benzene rings is 2. The molecule has 4 heterocycles. The van der Waals surface area contributed by atoms with Crippen molar-refractivity contribution in [1.29, 1.82) is 0 Å². The van der Waals surface area contributed by atoms with Gasteiger partial charge in [0.25, 0.3) is 0 Å². The van der Waals surface area contributed by atoms with Crippen molar-refractivity contribution in [1.82, 2.24) is 29.7 Å². The minimum atomic E-state index is -0.522. The fourth-order valence-electron chi connectivity index (χ4n) is 6.65. The van der Waals surface area contributed by atoms with Crippen LogP contribution >= 0.6 is 0 Å². The number of rotatable bonds is 10. The van der Waals surface area contributed by atoms with Gasteiger partial charge in [-0.3, -0.25) is 9.69 Å². The highest BCUT2D eigenvalue weighted by atomic mass is 19.1. The number of nitrogens with zero attached hydrogens (tertiary/aromatic N) is 4. The molecule has 2 fully saturated rings. The maximum absolute atomic E-state index is 15.1. The summed E-state index contributed by atoms with van der Waals surface area (Å²) in [6.45, 7) is 7.86. The maximum atomic E-state index is 15.1. The molecule has 244 valence electrons. The standard InChI is InChI=1S/C36H44F2N6O2/c1-5-22(2)44(31(45)20-24-16-18-46-19-17-24)21-30-39-32(34(37)40-30)27-11-7-25(8-12-27)26-9-13-28(14-10-26)33-35(38)42-36(41-33)29-15-6-23(3)43(29)4/h7-14,22-24,29H,5-6,15-21H2,1-4H3,(H,39,40)(H,41,42)/t22-,23?,29?/m0/s1. The van der Waals surface area contributed by atoms with E-state index in [4.69, 9.17) is 4.74 Å². The van der Waals surface area contributed by atoms with Crippen molar-refractivity contribution < 1.29 is 18.3 Å². The van der Waals surface area contributed by atoms with Gasteiger partial charge in [0.15, 0.2) is 0 Å². The maximum Gasteiger partial charge on any atom is 0.223 e. The van der Waals surface area contributed by atoms with Crippen molar-refractivity contribution in [2.24, 2.45) is 5.92 Å². The van der Waals surface area contributed by atoms with Crippen LogP contribution in [0.4, 0.5) is 8.78 Å². The summed E-state index contributed by atoms with van der Waals surface area (Å²) in [7, 11) is 2.06. The molecule has 2 saturated heterocycles. The van der Waals surface area contributed by atoms with Crippen LogP contribution in [-0.2, 0) is 16.1 Å². The third kappa shape index (κ3) is 6.78. The van der Waals surface area contributed by atoms with Gasteiger partial charge in [-0.1, -0.05) is 55.5 Å². The molecule has 0 aliphatic carbocycles. The molecule has 2 N–H and O–H groups in total. The molecule has 6 rings (SSSR count). The van der Waals surface area contributed by atoms with E-state index in [1.807, 2.05) is 67.3 Å². The monoisotopic (exact) mass is 630 g/mol. The first-order valence-corrected chi connectivity index (χ1v) is 16.5. The van der Waals surface area contributed by atoms with Gasteiger partial charge >= 0.3 is 0 Å². The Morgan fingerprint density at radius 1 is 0.913 bits per heavy atom. The number of H-pyrrole nitrogens is 2. The van der Waals surface area contributed by atoms with E-state index in [9.17, 15) is 9.18 Å². The number of amides is 1. The molecule has 8 nitrogen and oxygen atoms in total. The van der Waals surface area contributed by atoms with Crippen LogP contribution in [0.25, 0.3) is 33.6 Å². The highest BCUT2D eigenvalue weighted by Gasteiger charge is 2.32. The Balaban J connectivity index is 1.14. The lowest BCUT2D eigenvalue weighted by Gasteiger charge is -2.30. The SMILES string of the molecule is CC[C@H](C)N(Cc1nc(-c2ccc(-c3ccc(-c4nc(C5CCC(C)N5C)[nH]c4F)cc3)cc2)c(F)[nH]1)C(=O)CC1CCOCC1. The van der Waals surface area contributed by atoms with Crippen LogP contribution in [0.5, 0.6) is 0 Å². The molecule has 2 aliphatic rings. The lowest BCUT2D eigenvalue weighted by Crippen LogP contribution is -2.39. The van der Waals surface area contributed by atoms with Crippen LogP contribution in [0.2, 0.25) is 0 Å². The first-order chi connectivity index (χ1) is 22.2. The summed E-state index contributed by atoms with van der Waals surface area (Å²) in [6.07, 6.45) is 5.07. The Hall–Kier alpha value is -3.89. The Labute approximate surface area is 269 Å². The van der Waals surface area contributed by atoms with Gasteiger partial charge in [0.2, 0.25) is 17.8 Å². The molecule has 2 aromatic heterocycles. The first-order valence-electron chi connectivity index (χ1n) is 16.5. The number of hydrogen-bond acceptors (Lipinski definition) is 5. The molecule has 2 aliphatic heterocycles. The van der Waals surface area contributed by atoms with Gasteiger partial charge < -0.3 is 19.6 Å². The molecule has 1 amide bonds. The van der Waals surface area contributed by atoms with Gasteiger partial charge in [0.1, 0.15) is 23.0 Å². The number of carbonyl (C=O) groups excluding carboxylic acids is 1. The minimum Gasteiger partial charge on any atom is -0.381 e. The number of aromatic nitrogens is 4. The number of likely N-dealkylation sites (tertiary alicyclic amines) is 1. The van der Waals surface area contributed by atoms with Crippen LogP contribution in [-0.4, -0.2) is 68.0 Å². The van der Waals surface area contributed by atoms with Crippen LogP contribution in [0.1, 0.15) is 77.0 Å². The highest BCUT2D eigenvalue weighted by molar-refractivity contribution is 5.77. The zero-order valence-corrected chi connectivity index (χ0v) is 27.2. The Bertz CT molecular complexity index is 1630. The number of imidazole rings is 2. The smallest absolute Gasteiger partial charge is 0.223 e. The molecule has 0 radical (unpaired) electrons. The van der Waals surface area contributed by atoms with E-state index in [0.29, 0.717) is 60.1 Å². The molecular weight excluding hydrogens is 586 g/mol. The zero-order valence-electron chi connectivity index (χ0n) is 27.2. The van der Waals surface area contributed by atoms with E-state index in [2.05, 4.69) is 38.8 Å². The molecule has 2 unspecified atom stereocenters. The van der Waals surface area contributed by atoms with E-state index in [-0.39, 0.29) is 30.2 Å². The van der Waals surface area contributed by atoms with E-state index in [1.54, 1.807) is 0 Å². The lowest BCUT2D eigenvalue weighted by molar-refractivity contribution is -0.135. The topological polar surface area (TPSA) is 90.1 Å². The van der Waals surface area contributed by atoms with Gasteiger partial charge in [0.05, 0.1) is 12.6 Å². The fraction of sp³-hybridized carbons (Fsp3) is 0.472. The molecule has 3 atom stereocenters. The van der Waals surface area contributed by atoms with E-state index in [0.717, 1.165) is 43.2 Å². The lowest BCUT2D eigenvalue weighted by atomic mass is 9.95. The fourth-order valence-corrected chi connectivity index (χ4v) is 6.65. The molecular formula is C36H44F2N6O2. The number of nitrogens with one attached hydrogen (secondary N) is 2. The molecule has 4 aromatic rings. The summed E-state index contributed by atoms with van der Waals surface area (Å²) in [6, 6.07) is 15.7. The third-order valence-electron chi connectivity index (χ3n) is 9.96. The van der Waals surface area contributed by atoms with Gasteiger partial charge in [0, 0.05) is 42.8 Å². The first kappa shape index (κ1) is 32.1. The molecule has 0 spiro atoms. The van der Waals surface area contributed by atoms with Crippen LogP contribution in [0.3, 0.4) is 0 Å². The average Bonchev–Trinajstić information content (AvgIpc) is 3.75. The van der Waals surface area contributed by atoms with Gasteiger partial charge in [-0.05, 0) is 70.0 Å². The highest BCUT2D eigenvalue weighted by Crippen LogP contribution is 2.35. The van der Waals surface area contributed by atoms with Crippen molar-refractivity contribution in [2.75, 3.05) is 20.3 Å². The quantitative estimate of drug-likeness (QED) is 0.189. The van der Waals surface area contributed by atoms with E-state index >= 15 is 4.39 Å². The summed E-state index contributed by atoms with van der Waals surface area (Å²) in [4.78, 5) is 32.2. The van der Waals surface area contributed by atoms with Gasteiger partial charge in [-0.25, -0.2) is 9.97 Å². The van der Waals surface area contributed by atoms with Crippen LogP contribution in [0, 0.1) is 17.8 Å². The number of aromatic amines is 2. The normalized spacial score (nSPS) is 19.9. The van der Waals surface area contributed by atoms with Crippen molar-refractivity contribution in [3.05, 3.63) is 72.1 Å². The van der Waals surface area contributed by atoms with Gasteiger partial charge in [-0.2, -0.15) is 8.78 Å². The minimum absolute atomic E-state index is 0.0130. The van der Waals surface area contributed by atoms with E-state index < -0.39 is 11.9 Å². The third-order valence-corrected chi connectivity index (χ3v) is 9.96. The Kier molecular flexibility index (Phi) is 9.65. The average molecular weight is 631 g/mol. The second-order valence-corrected chi connectivity index (χ2v) is 12.9. The van der Waals surface area contributed by atoms with Crippen LogP contribution in [0.15, 0.2) is 48.5 Å². The Morgan fingerprint density at radius 2 is 1.48 bits per heavy atom. The predicted octanol–water partition coefficient (Wildman–Crippen LogP) is 7.51.